The van der Waals surface area contributed by atoms with Gasteiger partial charge in [0.05, 0.1) is 11.3 Å². The number of benzene rings is 1. The SMILES string of the molecule is CPc1cc(-c2ccccn2)cc(C(F)(F)F)c1. The lowest BCUT2D eigenvalue weighted by Gasteiger charge is -2.11. The van der Waals surface area contributed by atoms with E-state index in [9.17, 15) is 13.2 Å². The zero-order valence-electron chi connectivity index (χ0n) is 9.62. The van der Waals surface area contributed by atoms with E-state index < -0.39 is 11.7 Å². The molecule has 18 heavy (non-hydrogen) atoms. The van der Waals surface area contributed by atoms with E-state index in [0.717, 1.165) is 6.07 Å². The van der Waals surface area contributed by atoms with Gasteiger partial charge in [-0.05, 0) is 42.3 Å². The van der Waals surface area contributed by atoms with Crippen molar-refractivity contribution in [1.29, 1.82) is 0 Å². The van der Waals surface area contributed by atoms with E-state index >= 15 is 0 Å². The van der Waals surface area contributed by atoms with E-state index in [1.54, 1.807) is 30.5 Å². The van der Waals surface area contributed by atoms with Gasteiger partial charge in [0.1, 0.15) is 0 Å². The fraction of sp³-hybridized carbons (Fsp3) is 0.154. The summed E-state index contributed by atoms with van der Waals surface area (Å²) in [6.45, 7) is 1.86. The number of hydrogen-bond donors (Lipinski definition) is 0. The third kappa shape index (κ3) is 2.88. The second-order valence-electron chi connectivity index (χ2n) is 3.76. The van der Waals surface area contributed by atoms with Crippen molar-refractivity contribution in [3.63, 3.8) is 0 Å². The minimum atomic E-state index is -4.32. The molecule has 5 heteroatoms. The predicted octanol–water partition coefficient (Wildman–Crippen LogP) is 3.70. The lowest BCUT2D eigenvalue weighted by molar-refractivity contribution is -0.137. The molecule has 0 amide bonds. The summed E-state index contributed by atoms with van der Waals surface area (Å²) in [7, 11) is 0.319. The van der Waals surface area contributed by atoms with Crippen molar-refractivity contribution in [2.75, 3.05) is 6.66 Å². The van der Waals surface area contributed by atoms with Crippen molar-refractivity contribution in [1.82, 2.24) is 4.98 Å². The topological polar surface area (TPSA) is 12.9 Å². The predicted molar refractivity (Wildman–Crippen MR) is 68.5 cm³/mol. The lowest BCUT2D eigenvalue weighted by atomic mass is 10.1. The molecule has 1 aromatic carbocycles. The smallest absolute Gasteiger partial charge is 0.256 e. The number of pyridine rings is 1. The molecule has 1 unspecified atom stereocenters. The zero-order valence-corrected chi connectivity index (χ0v) is 10.6. The van der Waals surface area contributed by atoms with Crippen LogP contribution in [-0.4, -0.2) is 11.6 Å². The van der Waals surface area contributed by atoms with Crippen molar-refractivity contribution in [3.8, 4) is 11.3 Å². The average molecular weight is 269 g/mol. The highest BCUT2D eigenvalue weighted by Gasteiger charge is 2.31. The van der Waals surface area contributed by atoms with Crippen LogP contribution in [0, 0.1) is 0 Å². The molecule has 1 atom stereocenters. The first-order chi connectivity index (χ1) is 8.50. The van der Waals surface area contributed by atoms with Crippen molar-refractivity contribution in [3.05, 3.63) is 48.2 Å². The van der Waals surface area contributed by atoms with Crippen LogP contribution < -0.4 is 5.30 Å². The standard InChI is InChI=1S/C13H11F3NP/c1-18-11-7-9(12-4-2-3-5-17-12)6-10(8-11)13(14,15)16/h2-8,18H,1H3. The Kier molecular flexibility index (Phi) is 3.67. The Morgan fingerprint density at radius 3 is 2.44 bits per heavy atom. The fourth-order valence-corrected chi connectivity index (χ4v) is 2.22. The highest BCUT2D eigenvalue weighted by molar-refractivity contribution is 7.46. The number of hydrogen-bond acceptors (Lipinski definition) is 1. The van der Waals surface area contributed by atoms with E-state index in [1.165, 1.54) is 6.07 Å². The first-order valence-corrected chi connectivity index (χ1v) is 6.82. The zero-order chi connectivity index (χ0) is 13.2. The highest BCUT2D eigenvalue weighted by atomic mass is 31.1. The van der Waals surface area contributed by atoms with Crippen molar-refractivity contribution < 1.29 is 13.2 Å². The summed E-state index contributed by atoms with van der Waals surface area (Å²) in [6.07, 6.45) is -2.75. The molecule has 0 fully saturated rings. The third-order valence-corrected chi connectivity index (χ3v) is 3.38. The van der Waals surface area contributed by atoms with Crippen LogP contribution in [0.15, 0.2) is 42.6 Å². The maximum Gasteiger partial charge on any atom is 0.416 e. The minimum Gasteiger partial charge on any atom is -0.256 e. The molecule has 1 nitrogen and oxygen atoms in total. The van der Waals surface area contributed by atoms with Crippen molar-refractivity contribution in [2.45, 2.75) is 6.18 Å². The third-order valence-electron chi connectivity index (χ3n) is 2.51. The van der Waals surface area contributed by atoms with Crippen LogP contribution in [0.5, 0.6) is 0 Å². The number of nitrogens with zero attached hydrogens (tertiary/aromatic N) is 1. The highest BCUT2D eigenvalue weighted by Crippen LogP contribution is 2.32. The summed E-state index contributed by atoms with van der Waals surface area (Å²) >= 11 is 0. The van der Waals surface area contributed by atoms with Crippen LogP contribution >= 0.6 is 8.58 Å². The number of aromatic nitrogens is 1. The Bertz CT molecular complexity index is 538. The molecular weight excluding hydrogens is 258 g/mol. The summed E-state index contributed by atoms with van der Waals surface area (Å²) in [4.78, 5) is 4.08. The molecule has 0 N–H and O–H groups in total. The largest absolute Gasteiger partial charge is 0.416 e. The Morgan fingerprint density at radius 1 is 1.11 bits per heavy atom. The van der Waals surface area contributed by atoms with E-state index in [4.69, 9.17) is 0 Å². The molecule has 0 spiro atoms. The summed E-state index contributed by atoms with van der Waals surface area (Å²) in [5.41, 5.74) is 0.452. The molecule has 1 heterocycles. The summed E-state index contributed by atoms with van der Waals surface area (Å²) < 4.78 is 38.3. The van der Waals surface area contributed by atoms with Crippen LogP contribution in [0.2, 0.25) is 0 Å². The van der Waals surface area contributed by atoms with Gasteiger partial charge in [0.15, 0.2) is 0 Å². The Balaban J connectivity index is 2.55. The molecule has 1 aromatic heterocycles. The molecule has 0 bridgehead atoms. The molecule has 0 saturated heterocycles. The van der Waals surface area contributed by atoms with Crippen LogP contribution in [0.4, 0.5) is 13.2 Å². The maximum absolute atomic E-state index is 12.8. The van der Waals surface area contributed by atoms with Crippen molar-refractivity contribution >= 4 is 13.9 Å². The summed E-state index contributed by atoms with van der Waals surface area (Å²) in [5.74, 6) is 0. The normalized spacial score (nSPS) is 12.2. The summed E-state index contributed by atoms with van der Waals surface area (Å²) in [6, 6.07) is 9.31. The molecule has 2 aromatic rings. The number of halogens is 3. The van der Waals surface area contributed by atoms with E-state index in [-0.39, 0.29) is 0 Å². The Hall–Kier alpha value is -1.41. The molecule has 94 valence electrons. The number of rotatable bonds is 2. The van der Waals surface area contributed by atoms with E-state index in [0.29, 0.717) is 25.1 Å². The van der Waals surface area contributed by atoms with Gasteiger partial charge in [-0.3, -0.25) is 4.98 Å². The van der Waals surface area contributed by atoms with Gasteiger partial charge in [0, 0.05) is 11.8 Å². The van der Waals surface area contributed by atoms with Gasteiger partial charge in [-0.2, -0.15) is 13.2 Å². The molecule has 0 aliphatic heterocycles. The van der Waals surface area contributed by atoms with Gasteiger partial charge in [-0.1, -0.05) is 14.6 Å². The Morgan fingerprint density at radius 2 is 1.89 bits per heavy atom. The molecular formula is C13H11F3NP. The molecule has 0 saturated carbocycles. The molecule has 2 rings (SSSR count). The Labute approximate surface area is 105 Å². The molecule has 0 aliphatic rings. The van der Waals surface area contributed by atoms with Crippen LogP contribution in [-0.2, 0) is 6.18 Å². The van der Waals surface area contributed by atoms with Crippen molar-refractivity contribution in [2.24, 2.45) is 0 Å². The van der Waals surface area contributed by atoms with Gasteiger partial charge in [0.2, 0.25) is 0 Å². The minimum absolute atomic E-state index is 0.319. The van der Waals surface area contributed by atoms with Crippen LogP contribution in [0.1, 0.15) is 5.56 Å². The first kappa shape index (κ1) is 13.0. The van der Waals surface area contributed by atoms with E-state index in [2.05, 4.69) is 4.98 Å². The second kappa shape index (κ2) is 5.07. The van der Waals surface area contributed by atoms with Gasteiger partial charge in [-0.15, -0.1) is 0 Å². The second-order valence-corrected chi connectivity index (χ2v) is 4.84. The fourth-order valence-electron chi connectivity index (χ4n) is 1.62. The molecule has 0 aliphatic carbocycles. The van der Waals surface area contributed by atoms with Gasteiger partial charge >= 0.3 is 6.18 Å². The molecule has 0 radical (unpaired) electrons. The quantitative estimate of drug-likeness (QED) is 0.757. The summed E-state index contributed by atoms with van der Waals surface area (Å²) in [5, 5.41) is 0.686. The first-order valence-electron chi connectivity index (χ1n) is 5.32. The number of alkyl halides is 3. The van der Waals surface area contributed by atoms with Gasteiger partial charge < -0.3 is 0 Å². The average Bonchev–Trinajstić information content (AvgIpc) is 2.38. The van der Waals surface area contributed by atoms with E-state index in [1.807, 2.05) is 6.66 Å². The lowest BCUT2D eigenvalue weighted by Crippen LogP contribution is -2.09. The van der Waals surface area contributed by atoms with Crippen LogP contribution in [0.25, 0.3) is 11.3 Å². The van der Waals surface area contributed by atoms with Gasteiger partial charge in [-0.25, -0.2) is 0 Å². The maximum atomic E-state index is 12.8. The van der Waals surface area contributed by atoms with Crippen LogP contribution in [0.3, 0.4) is 0 Å². The van der Waals surface area contributed by atoms with Gasteiger partial charge in [0.25, 0.3) is 0 Å². The monoisotopic (exact) mass is 269 g/mol.